The Morgan fingerprint density at radius 3 is 2.68 bits per heavy atom. The van der Waals surface area contributed by atoms with Crippen LogP contribution in [0.3, 0.4) is 0 Å². The number of hydrogen-bond donors (Lipinski definition) is 1. The molecular weight excluding hydrogens is 234 g/mol. The van der Waals surface area contributed by atoms with Crippen molar-refractivity contribution in [3.63, 3.8) is 0 Å². The van der Waals surface area contributed by atoms with Crippen molar-refractivity contribution < 1.29 is 4.79 Å². The number of rotatable bonds is 3. The Kier molecular flexibility index (Phi) is 4.78. The van der Waals surface area contributed by atoms with E-state index in [2.05, 4.69) is 19.2 Å². The van der Waals surface area contributed by atoms with Gasteiger partial charge in [-0.1, -0.05) is 57.0 Å². The minimum atomic E-state index is 0.0230. The van der Waals surface area contributed by atoms with Crippen molar-refractivity contribution in [3.8, 4) is 0 Å². The van der Waals surface area contributed by atoms with Crippen molar-refractivity contribution in [3.05, 3.63) is 42.0 Å². The molecular formula is C17H23NO. The van der Waals surface area contributed by atoms with Crippen molar-refractivity contribution >= 4 is 12.0 Å². The molecule has 0 heterocycles. The van der Waals surface area contributed by atoms with Crippen LogP contribution in [0.5, 0.6) is 0 Å². The summed E-state index contributed by atoms with van der Waals surface area (Å²) in [5, 5.41) is 3.14. The summed E-state index contributed by atoms with van der Waals surface area (Å²) in [5.74, 6) is 1.30. The van der Waals surface area contributed by atoms with Crippen LogP contribution in [0, 0.1) is 11.8 Å². The van der Waals surface area contributed by atoms with Gasteiger partial charge in [0.15, 0.2) is 0 Å². The molecule has 1 saturated carbocycles. The van der Waals surface area contributed by atoms with Crippen molar-refractivity contribution in [2.45, 2.75) is 39.2 Å². The van der Waals surface area contributed by atoms with Crippen molar-refractivity contribution in [2.75, 3.05) is 0 Å². The number of hydrogen-bond acceptors (Lipinski definition) is 1. The second-order valence-electron chi connectivity index (χ2n) is 5.63. The molecule has 1 N–H and O–H groups in total. The van der Waals surface area contributed by atoms with Crippen LogP contribution in [-0.2, 0) is 4.79 Å². The fraction of sp³-hybridized carbons (Fsp3) is 0.471. The Bertz CT molecular complexity index is 438. The molecule has 0 saturated heterocycles. The lowest BCUT2D eigenvalue weighted by atomic mass is 9.78. The van der Waals surface area contributed by atoms with E-state index in [1.807, 2.05) is 36.4 Å². The second kappa shape index (κ2) is 6.55. The smallest absolute Gasteiger partial charge is 0.244 e. The van der Waals surface area contributed by atoms with Crippen LogP contribution in [0.15, 0.2) is 36.4 Å². The van der Waals surface area contributed by atoms with Crippen LogP contribution in [0.25, 0.3) is 6.08 Å². The van der Waals surface area contributed by atoms with Crippen molar-refractivity contribution in [2.24, 2.45) is 11.8 Å². The van der Waals surface area contributed by atoms with Gasteiger partial charge < -0.3 is 5.32 Å². The third-order valence-electron chi connectivity index (χ3n) is 4.26. The second-order valence-corrected chi connectivity index (χ2v) is 5.63. The van der Waals surface area contributed by atoms with E-state index in [1.165, 1.54) is 12.8 Å². The summed E-state index contributed by atoms with van der Waals surface area (Å²) in [5.41, 5.74) is 1.06. The lowest BCUT2D eigenvalue weighted by molar-refractivity contribution is -0.117. The molecule has 19 heavy (non-hydrogen) atoms. The van der Waals surface area contributed by atoms with Crippen LogP contribution in [0.1, 0.15) is 38.7 Å². The number of amides is 1. The third kappa shape index (κ3) is 3.95. The van der Waals surface area contributed by atoms with Gasteiger partial charge in [0.1, 0.15) is 0 Å². The Hall–Kier alpha value is -1.57. The summed E-state index contributed by atoms with van der Waals surface area (Å²) >= 11 is 0. The highest BCUT2D eigenvalue weighted by molar-refractivity contribution is 5.91. The Balaban J connectivity index is 1.89. The fourth-order valence-corrected chi connectivity index (χ4v) is 2.75. The van der Waals surface area contributed by atoms with Gasteiger partial charge in [0.25, 0.3) is 0 Å². The van der Waals surface area contributed by atoms with Gasteiger partial charge >= 0.3 is 0 Å². The molecule has 3 atom stereocenters. The SMILES string of the molecule is CC1CCCC(NC(=O)/C=C/c2ccccc2)C1C. The zero-order valence-corrected chi connectivity index (χ0v) is 11.8. The quantitative estimate of drug-likeness (QED) is 0.823. The molecule has 1 aromatic rings. The molecule has 0 bridgehead atoms. The third-order valence-corrected chi connectivity index (χ3v) is 4.26. The van der Waals surface area contributed by atoms with Gasteiger partial charge in [-0.15, -0.1) is 0 Å². The minimum Gasteiger partial charge on any atom is -0.350 e. The van der Waals surface area contributed by atoms with Gasteiger partial charge in [-0.3, -0.25) is 4.79 Å². The predicted octanol–water partition coefficient (Wildman–Crippen LogP) is 3.64. The molecule has 0 radical (unpaired) electrons. The summed E-state index contributed by atoms with van der Waals surface area (Å²) in [6.45, 7) is 4.53. The fourth-order valence-electron chi connectivity index (χ4n) is 2.75. The first kappa shape index (κ1) is 13.9. The average molecular weight is 257 g/mol. The highest BCUT2D eigenvalue weighted by Crippen LogP contribution is 2.29. The highest BCUT2D eigenvalue weighted by Gasteiger charge is 2.27. The predicted molar refractivity (Wildman–Crippen MR) is 79.6 cm³/mol. The monoisotopic (exact) mass is 257 g/mol. The van der Waals surface area contributed by atoms with E-state index < -0.39 is 0 Å². The lowest BCUT2D eigenvalue weighted by Crippen LogP contribution is -2.43. The minimum absolute atomic E-state index is 0.0230. The summed E-state index contributed by atoms with van der Waals surface area (Å²) in [4.78, 5) is 11.9. The summed E-state index contributed by atoms with van der Waals surface area (Å²) in [6, 6.07) is 10.2. The standard InChI is InChI=1S/C17H23NO/c1-13-7-6-10-16(14(13)2)18-17(19)12-11-15-8-4-3-5-9-15/h3-5,8-9,11-14,16H,6-7,10H2,1-2H3,(H,18,19)/b12-11+. The van der Waals surface area contributed by atoms with Crippen LogP contribution in [0.4, 0.5) is 0 Å². The van der Waals surface area contributed by atoms with Crippen molar-refractivity contribution in [1.29, 1.82) is 0 Å². The highest BCUT2D eigenvalue weighted by atomic mass is 16.1. The Morgan fingerprint density at radius 2 is 1.95 bits per heavy atom. The molecule has 102 valence electrons. The summed E-state index contributed by atoms with van der Waals surface area (Å²) in [7, 11) is 0. The molecule has 0 aliphatic heterocycles. The van der Waals surface area contributed by atoms with Gasteiger partial charge in [0.2, 0.25) is 5.91 Å². The van der Waals surface area contributed by atoms with Crippen LogP contribution >= 0.6 is 0 Å². The molecule has 0 aromatic heterocycles. The molecule has 0 spiro atoms. The van der Waals surface area contributed by atoms with E-state index in [0.29, 0.717) is 17.9 Å². The summed E-state index contributed by atoms with van der Waals surface area (Å²) < 4.78 is 0. The molecule has 1 aliphatic rings. The van der Waals surface area contributed by atoms with E-state index in [-0.39, 0.29) is 5.91 Å². The van der Waals surface area contributed by atoms with E-state index >= 15 is 0 Å². The number of carbonyl (C=O) groups is 1. The molecule has 2 heteroatoms. The molecule has 3 unspecified atom stereocenters. The van der Waals surface area contributed by atoms with E-state index in [1.54, 1.807) is 6.08 Å². The number of carbonyl (C=O) groups excluding carboxylic acids is 1. The Labute approximate surface area is 115 Å². The van der Waals surface area contributed by atoms with Gasteiger partial charge in [-0.2, -0.15) is 0 Å². The van der Waals surface area contributed by atoms with Crippen LogP contribution < -0.4 is 5.32 Å². The molecule has 1 fully saturated rings. The first-order valence-corrected chi connectivity index (χ1v) is 7.20. The number of nitrogens with one attached hydrogen (secondary N) is 1. The first-order valence-electron chi connectivity index (χ1n) is 7.20. The number of benzene rings is 1. The first-order chi connectivity index (χ1) is 9.16. The maximum atomic E-state index is 11.9. The van der Waals surface area contributed by atoms with E-state index in [4.69, 9.17) is 0 Å². The van der Waals surface area contributed by atoms with Gasteiger partial charge in [-0.05, 0) is 29.9 Å². The maximum Gasteiger partial charge on any atom is 0.244 e. The average Bonchev–Trinajstić information content (AvgIpc) is 2.43. The zero-order chi connectivity index (χ0) is 13.7. The van der Waals surface area contributed by atoms with E-state index in [0.717, 1.165) is 12.0 Å². The van der Waals surface area contributed by atoms with Crippen LogP contribution in [0.2, 0.25) is 0 Å². The normalized spacial score (nSPS) is 27.4. The summed E-state index contributed by atoms with van der Waals surface area (Å²) in [6.07, 6.45) is 7.12. The molecule has 1 aliphatic carbocycles. The van der Waals surface area contributed by atoms with Gasteiger partial charge in [-0.25, -0.2) is 0 Å². The molecule has 2 rings (SSSR count). The van der Waals surface area contributed by atoms with Crippen molar-refractivity contribution in [1.82, 2.24) is 5.32 Å². The maximum absolute atomic E-state index is 11.9. The van der Waals surface area contributed by atoms with Crippen LogP contribution in [-0.4, -0.2) is 11.9 Å². The Morgan fingerprint density at radius 1 is 1.21 bits per heavy atom. The molecule has 1 amide bonds. The molecule has 1 aromatic carbocycles. The topological polar surface area (TPSA) is 29.1 Å². The van der Waals surface area contributed by atoms with Gasteiger partial charge in [0, 0.05) is 12.1 Å². The molecule has 2 nitrogen and oxygen atoms in total. The van der Waals surface area contributed by atoms with E-state index in [9.17, 15) is 4.79 Å². The lowest BCUT2D eigenvalue weighted by Gasteiger charge is -2.34. The zero-order valence-electron chi connectivity index (χ0n) is 11.8. The largest absolute Gasteiger partial charge is 0.350 e. The van der Waals surface area contributed by atoms with Gasteiger partial charge in [0.05, 0.1) is 0 Å².